The van der Waals surface area contributed by atoms with Gasteiger partial charge in [-0.25, -0.2) is 9.78 Å². The number of anilines is 1. The molecule has 1 aliphatic heterocycles. The van der Waals surface area contributed by atoms with E-state index in [0.717, 1.165) is 18.5 Å². The van der Waals surface area contributed by atoms with Gasteiger partial charge in [0.25, 0.3) is 5.91 Å². The summed E-state index contributed by atoms with van der Waals surface area (Å²) in [7, 11) is 0. The fourth-order valence-corrected chi connectivity index (χ4v) is 3.32. The van der Waals surface area contributed by atoms with Crippen LogP contribution in [-0.2, 0) is 11.2 Å². The summed E-state index contributed by atoms with van der Waals surface area (Å²) in [6, 6.07) is 5.55. The van der Waals surface area contributed by atoms with Crippen molar-refractivity contribution in [3.05, 3.63) is 78.2 Å². The lowest BCUT2D eigenvalue weighted by molar-refractivity contribution is -0.122. The highest BCUT2D eigenvalue weighted by molar-refractivity contribution is 5.96. The average molecular weight is 490 g/mol. The summed E-state index contributed by atoms with van der Waals surface area (Å²) in [6.45, 7) is -0.533. The number of carbonyl (C=O) groups is 2. The monoisotopic (exact) mass is 489 g/mol. The molecule has 0 aliphatic carbocycles. The van der Waals surface area contributed by atoms with Crippen molar-refractivity contribution in [2.75, 3.05) is 25.0 Å². The lowest BCUT2D eigenvalue weighted by Gasteiger charge is -2.25. The maximum atomic E-state index is 12.4. The third kappa shape index (κ3) is 7.95. The fraction of sp³-hybridized carbons (Fsp3) is 0.261. The molecule has 35 heavy (non-hydrogen) atoms. The molecule has 6 N–H and O–H groups in total. The number of rotatable bonds is 9. The second-order valence-electron chi connectivity index (χ2n) is 7.62. The summed E-state index contributed by atoms with van der Waals surface area (Å²) in [6.07, 6.45) is 6.95. The van der Waals surface area contributed by atoms with Crippen LogP contribution in [0.25, 0.3) is 5.70 Å². The van der Waals surface area contributed by atoms with E-state index in [4.69, 9.17) is 5.73 Å². The molecule has 1 aromatic carbocycles. The molecule has 9 nitrogen and oxygen atoms in total. The molecule has 3 rings (SSSR count). The minimum Gasteiger partial charge on any atom is -0.403 e. The average Bonchev–Trinajstić information content (AvgIpc) is 3.35. The van der Waals surface area contributed by atoms with E-state index in [0.29, 0.717) is 35.6 Å². The number of hydrogen-bond donors (Lipinski definition) is 5. The van der Waals surface area contributed by atoms with E-state index in [9.17, 15) is 22.8 Å². The zero-order chi connectivity index (χ0) is 25.3. The maximum Gasteiger partial charge on any atom is 0.405 e. The quantitative estimate of drug-likeness (QED) is 0.346. The summed E-state index contributed by atoms with van der Waals surface area (Å²) in [5.74, 6) is -0.181. The molecule has 3 amide bonds. The molecule has 186 valence electrons. The molecular weight excluding hydrogens is 463 g/mol. The first-order valence-corrected chi connectivity index (χ1v) is 10.8. The van der Waals surface area contributed by atoms with Crippen LogP contribution in [0.1, 0.15) is 17.7 Å². The number of aryl methyl sites for hydroxylation is 1. The third-order valence-electron chi connectivity index (χ3n) is 5.00. The molecule has 1 aliphatic rings. The van der Waals surface area contributed by atoms with Gasteiger partial charge in [0, 0.05) is 54.2 Å². The molecule has 12 heteroatoms. The van der Waals surface area contributed by atoms with E-state index in [-0.39, 0.29) is 5.91 Å². The maximum absolute atomic E-state index is 12.4. The Morgan fingerprint density at radius 2 is 2.09 bits per heavy atom. The van der Waals surface area contributed by atoms with Crippen LogP contribution in [0.5, 0.6) is 0 Å². The number of H-pyrrole nitrogens is 1. The Kier molecular flexibility index (Phi) is 8.54. The molecule has 0 spiro atoms. The van der Waals surface area contributed by atoms with Gasteiger partial charge in [-0.2, -0.15) is 13.2 Å². The van der Waals surface area contributed by atoms with Gasteiger partial charge in [0.1, 0.15) is 6.54 Å². The molecule has 0 unspecified atom stereocenters. The Morgan fingerprint density at radius 3 is 2.74 bits per heavy atom. The van der Waals surface area contributed by atoms with Crippen LogP contribution in [0.15, 0.2) is 66.9 Å². The molecule has 0 saturated heterocycles. The van der Waals surface area contributed by atoms with Gasteiger partial charge in [0.15, 0.2) is 0 Å². The highest BCUT2D eigenvalue weighted by Crippen LogP contribution is 2.24. The zero-order valence-corrected chi connectivity index (χ0v) is 18.7. The Labute approximate surface area is 200 Å². The van der Waals surface area contributed by atoms with Crippen LogP contribution in [0.2, 0.25) is 0 Å². The molecule has 0 fully saturated rings. The van der Waals surface area contributed by atoms with Gasteiger partial charge < -0.3 is 31.6 Å². The first kappa shape index (κ1) is 25.4. The summed E-state index contributed by atoms with van der Waals surface area (Å²) in [5.41, 5.74) is 8.88. The van der Waals surface area contributed by atoms with E-state index in [2.05, 4.69) is 20.6 Å². The largest absolute Gasteiger partial charge is 0.405 e. The lowest BCUT2D eigenvalue weighted by Crippen LogP contribution is -2.36. The number of urea groups is 1. The molecule has 0 saturated carbocycles. The smallest absolute Gasteiger partial charge is 0.403 e. The minimum absolute atomic E-state index is 0.181. The Morgan fingerprint density at radius 1 is 1.26 bits per heavy atom. The van der Waals surface area contributed by atoms with Crippen LogP contribution >= 0.6 is 0 Å². The number of carbonyl (C=O) groups excluding carboxylic acids is 2. The van der Waals surface area contributed by atoms with Crippen molar-refractivity contribution in [3.8, 4) is 0 Å². The van der Waals surface area contributed by atoms with Crippen LogP contribution in [0.3, 0.4) is 0 Å². The first-order valence-electron chi connectivity index (χ1n) is 10.8. The van der Waals surface area contributed by atoms with E-state index < -0.39 is 18.8 Å². The van der Waals surface area contributed by atoms with Gasteiger partial charge in [0.05, 0.1) is 12.0 Å². The highest BCUT2D eigenvalue weighted by Gasteiger charge is 2.27. The summed E-state index contributed by atoms with van der Waals surface area (Å²) in [4.78, 5) is 32.9. The number of halogens is 3. The molecule has 0 atom stereocenters. The van der Waals surface area contributed by atoms with Gasteiger partial charge in [-0.05, 0) is 31.1 Å². The van der Waals surface area contributed by atoms with Crippen molar-refractivity contribution in [1.29, 1.82) is 0 Å². The van der Waals surface area contributed by atoms with E-state index >= 15 is 0 Å². The number of aromatic amines is 1. The number of benzene rings is 1. The number of nitrogens with zero attached hydrogens (tertiary/aromatic N) is 2. The van der Waals surface area contributed by atoms with Crippen molar-refractivity contribution in [1.82, 2.24) is 25.5 Å². The van der Waals surface area contributed by atoms with Crippen LogP contribution in [0, 0.1) is 0 Å². The molecular formula is C23H26F3N7O2. The number of amides is 3. The molecule has 0 bridgehead atoms. The first-order chi connectivity index (χ1) is 16.7. The predicted molar refractivity (Wildman–Crippen MR) is 126 cm³/mol. The Balaban J connectivity index is 1.52. The second kappa shape index (κ2) is 11.8. The highest BCUT2D eigenvalue weighted by atomic mass is 19.4. The Bertz CT molecular complexity index is 1110. The van der Waals surface area contributed by atoms with Crippen molar-refractivity contribution in [3.63, 3.8) is 0 Å². The van der Waals surface area contributed by atoms with E-state index in [1.54, 1.807) is 65.4 Å². The number of imidazole rings is 1. The standard InChI is InChI=1S/C23H26F3N7O2/c24-23(25,26)14-30-22(35)32-18-4-1-3-17(11-18)20(12-27)33-9-6-16(7-10-33)21(34)29-8-2-5-19-13-28-15-31-19/h1,3-4,6-7,9,11-13,15H,2,5,8,10,14,27H2,(H,28,31)(H,29,34)(H2,30,32,35)/b20-12-. The Hall–Kier alpha value is -4.22. The number of aromatic nitrogens is 2. The van der Waals surface area contributed by atoms with Gasteiger partial charge in [-0.1, -0.05) is 18.2 Å². The van der Waals surface area contributed by atoms with Crippen molar-refractivity contribution < 1.29 is 22.8 Å². The number of alkyl halides is 3. The summed E-state index contributed by atoms with van der Waals surface area (Å²) >= 11 is 0. The van der Waals surface area contributed by atoms with Crippen molar-refractivity contribution in [2.45, 2.75) is 19.0 Å². The SMILES string of the molecule is N/C=C(/c1cccc(NC(=O)NCC(F)(F)F)c1)N1C=CC(C(=O)NCCCc2cnc[nH]2)=CC1. The van der Waals surface area contributed by atoms with Gasteiger partial charge >= 0.3 is 12.2 Å². The van der Waals surface area contributed by atoms with Crippen LogP contribution in [0.4, 0.5) is 23.7 Å². The molecule has 0 radical (unpaired) electrons. The molecule has 2 heterocycles. The van der Waals surface area contributed by atoms with E-state index in [1.165, 1.54) is 6.20 Å². The summed E-state index contributed by atoms with van der Waals surface area (Å²) in [5, 5.41) is 7.00. The van der Waals surface area contributed by atoms with Crippen molar-refractivity contribution in [2.24, 2.45) is 5.73 Å². The zero-order valence-electron chi connectivity index (χ0n) is 18.7. The van der Waals surface area contributed by atoms with Crippen LogP contribution < -0.4 is 21.7 Å². The predicted octanol–water partition coefficient (Wildman–Crippen LogP) is 2.86. The third-order valence-corrected chi connectivity index (χ3v) is 5.00. The van der Waals surface area contributed by atoms with Crippen molar-refractivity contribution >= 4 is 23.3 Å². The second-order valence-corrected chi connectivity index (χ2v) is 7.62. The van der Waals surface area contributed by atoms with Crippen LogP contribution in [-0.4, -0.2) is 52.6 Å². The lowest BCUT2D eigenvalue weighted by atomic mass is 10.1. The summed E-state index contributed by atoms with van der Waals surface area (Å²) < 4.78 is 36.8. The topological polar surface area (TPSA) is 128 Å². The van der Waals surface area contributed by atoms with Gasteiger partial charge in [-0.3, -0.25) is 4.79 Å². The minimum atomic E-state index is -4.50. The number of nitrogens with two attached hydrogens (primary N) is 1. The van der Waals surface area contributed by atoms with Gasteiger partial charge in [0.2, 0.25) is 0 Å². The fourth-order valence-electron chi connectivity index (χ4n) is 3.32. The number of nitrogens with one attached hydrogen (secondary N) is 4. The molecule has 2 aromatic rings. The normalized spacial score (nSPS) is 13.9. The number of hydrogen-bond acceptors (Lipinski definition) is 5. The molecule has 1 aromatic heterocycles. The van der Waals surface area contributed by atoms with Gasteiger partial charge in [-0.15, -0.1) is 0 Å². The van der Waals surface area contributed by atoms with E-state index in [1.807, 2.05) is 0 Å².